The van der Waals surface area contributed by atoms with Crippen LogP contribution in [0.5, 0.6) is 5.75 Å². The summed E-state index contributed by atoms with van der Waals surface area (Å²) in [6, 6.07) is 11.0. The van der Waals surface area contributed by atoms with E-state index in [1.807, 2.05) is 26.0 Å². The lowest BCUT2D eigenvalue weighted by Crippen LogP contribution is -2.49. The summed E-state index contributed by atoms with van der Waals surface area (Å²) >= 11 is 12.3. The first-order valence-electron chi connectivity index (χ1n) is 11.5. The minimum Gasteiger partial charge on any atom is -0.497 e. The molecule has 0 bridgehead atoms. The first-order valence-corrected chi connectivity index (χ1v) is 14.1. The maximum absolute atomic E-state index is 13.3. The number of hydrogen-bond donors (Lipinski definition) is 1. The van der Waals surface area contributed by atoms with Crippen molar-refractivity contribution in [3.8, 4) is 5.75 Å². The van der Waals surface area contributed by atoms with Gasteiger partial charge in [-0.2, -0.15) is 0 Å². The van der Waals surface area contributed by atoms with E-state index in [1.165, 1.54) is 17.0 Å². The number of carbonyl (C=O) groups is 2. The summed E-state index contributed by atoms with van der Waals surface area (Å²) in [5, 5.41) is 3.41. The van der Waals surface area contributed by atoms with Crippen molar-refractivity contribution in [3.05, 3.63) is 58.1 Å². The highest BCUT2D eigenvalue weighted by Crippen LogP contribution is 2.31. The second-order valence-electron chi connectivity index (χ2n) is 8.75. The molecule has 0 aliphatic rings. The number of ether oxygens (including phenoxy) is 1. The lowest BCUT2D eigenvalue weighted by molar-refractivity contribution is -0.140. The maximum Gasteiger partial charge on any atom is 0.242 e. The molecule has 0 heterocycles. The number of sulfonamides is 1. The zero-order chi connectivity index (χ0) is 27.0. The van der Waals surface area contributed by atoms with Crippen molar-refractivity contribution in [2.45, 2.75) is 52.2 Å². The third-order valence-corrected chi connectivity index (χ3v) is 7.15. The summed E-state index contributed by atoms with van der Waals surface area (Å²) in [6.07, 6.45) is 1.30. The molecule has 198 valence electrons. The molecule has 1 atom stereocenters. The fourth-order valence-corrected chi connectivity index (χ4v) is 5.02. The van der Waals surface area contributed by atoms with E-state index in [2.05, 4.69) is 5.32 Å². The molecule has 8 nitrogen and oxygen atoms in total. The van der Waals surface area contributed by atoms with Gasteiger partial charge in [0.1, 0.15) is 11.8 Å². The molecule has 0 saturated carbocycles. The van der Waals surface area contributed by atoms with Gasteiger partial charge in [-0.3, -0.25) is 13.9 Å². The Kier molecular flexibility index (Phi) is 10.9. The number of rotatable bonds is 12. The number of nitrogens with one attached hydrogen (secondary N) is 1. The van der Waals surface area contributed by atoms with Gasteiger partial charge in [0.15, 0.2) is 0 Å². The number of nitrogens with zero attached hydrogens (tertiary/aromatic N) is 2. The van der Waals surface area contributed by atoms with Gasteiger partial charge < -0.3 is 15.0 Å². The van der Waals surface area contributed by atoms with Crippen molar-refractivity contribution >= 4 is 50.7 Å². The summed E-state index contributed by atoms with van der Waals surface area (Å²) in [5.41, 5.74) is 1.05. The van der Waals surface area contributed by atoms with Crippen LogP contribution in [0, 0.1) is 0 Å². The average Bonchev–Trinajstić information content (AvgIpc) is 2.80. The highest BCUT2D eigenvalue weighted by Gasteiger charge is 2.27. The van der Waals surface area contributed by atoms with Crippen LogP contribution in [-0.2, 0) is 26.2 Å². The van der Waals surface area contributed by atoms with Gasteiger partial charge >= 0.3 is 0 Å². The van der Waals surface area contributed by atoms with Gasteiger partial charge in [0.25, 0.3) is 0 Å². The van der Waals surface area contributed by atoms with E-state index < -0.39 is 16.1 Å². The average molecular weight is 559 g/mol. The van der Waals surface area contributed by atoms with Crippen molar-refractivity contribution in [2.24, 2.45) is 0 Å². The van der Waals surface area contributed by atoms with E-state index >= 15 is 0 Å². The number of carbonyl (C=O) groups excluding carboxylic acids is 2. The Bertz CT molecular complexity index is 1170. The standard InChI is InChI=1S/C25H33Cl2N3O5S/c1-17(2)28-25(32)18(3)29(16-19-8-6-9-21(14-19)35-4)24(31)10-7-13-30(36(5,33)34)23-15-20(26)11-12-22(23)27/h6,8-9,11-12,14-15,17-18H,7,10,13,16H2,1-5H3,(H,28,32)/t18-/m0/s1. The molecule has 0 spiro atoms. The largest absolute Gasteiger partial charge is 0.497 e. The molecule has 36 heavy (non-hydrogen) atoms. The topological polar surface area (TPSA) is 96.0 Å². The van der Waals surface area contributed by atoms with Crippen molar-refractivity contribution in [2.75, 3.05) is 24.2 Å². The van der Waals surface area contributed by atoms with E-state index in [0.29, 0.717) is 10.8 Å². The fraction of sp³-hybridized carbons (Fsp3) is 0.440. The molecule has 2 rings (SSSR count). The van der Waals surface area contributed by atoms with Crippen LogP contribution >= 0.6 is 23.2 Å². The van der Waals surface area contributed by atoms with Gasteiger partial charge in [-0.15, -0.1) is 0 Å². The molecule has 1 N–H and O–H groups in total. The number of benzene rings is 2. The van der Waals surface area contributed by atoms with Crippen LogP contribution in [-0.4, -0.2) is 57.1 Å². The first-order chi connectivity index (χ1) is 16.8. The summed E-state index contributed by atoms with van der Waals surface area (Å²) < 4.78 is 31.4. The molecule has 0 fully saturated rings. The number of halogens is 2. The smallest absolute Gasteiger partial charge is 0.242 e. The molecule has 11 heteroatoms. The van der Waals surface area contributed by atoms with Gasteiger partial charge in [0.2, 0.25) is 21.8 Å². The first kappa shape index (κ1) is 29.7. The van der Waals surface area contributed by atoms with E-state index in [0.717, 1.165) is 16.1 Å². The fourth-order valence-electron chi connectivity index (χ4n) is 3.61. The predicted octanol–water partition coefficient (Wildman–Crippen LogP) is 4.49. The molecule has 0 radical (unpaired) electrons. The maximum atomic E-state index is 13.3. The highest BCUT2D eigenvalue weighted by atomic mass is 35.5. The minimum atomic E-state index is -3.69. The highest BCUT2D eigenvalue weighted by molar-refractivity contribution is 7.92. The molecule has 0 aliphatic carbocycles. The summed E-state index contributed by atoms with van der Waals surface area (Å²) in [4.78, 5) is 27.5. The van der Waals surface area contributed by atoms with Gasteiger partial charge in [-0.1, -0.05) is 35.3 Å². The third-order valence-electron chi connectivity index (χ3n) is 5.41. The monoisotopic (exact) mass is 557 g/mol. The molecule has 0 saturated heterocycles. The Labute approximate surface area is 223 Å². The third kappa shape index (κ3) is 8.57. The van der Waals surface area contributed by atoms with Crippen molar-refractivity contribution in [3.63, 3.8) is 0 Å². The van der Waals surface area contributed by atoms with Gasteiger partial charge in [-0.25, -0.2) is 8.42 Å². The molecule has 0 aliphatic heterocycles. The SMILES string of the molecule is COc1cccc(CN(C(=O)CCCN(c2cc(Cl)ccc2Cl)S(C)(=O)=O)[C@@H](C)C(=O)NC(C)C)c1. The molecule has 0 aromatic heterocycles. The normalized spacial score (nSPS) is 12.2. The van der Waals surface area contributed by atoms with E-state index in [1.54, 1.807) is 32.2 Å². The minimum absolute atomic E-state index is 0.0181. The zero-order valence-electron chi connectivity index (χ0n) is 21.1. The second-order valence-corrected chi connectivity index (χ2v) is 11.5. The zero-order valence-corrected chi connectivity index (χ0v) is 23.5. The lowest BCUT2D eigenvalue weighted by atomic mass is 10.1. The molecule has 0 unspecified atom stereocenters. The van der Waals surface area contributed by atoms with Gasteiger partial charge in [0.05, 0.1) is 24.1 Å². The quantitative estimate of drug-likeness (QED) is 0.414. The number of amides is 2. The van der Waals surface area contributed by atoms with E-state index in [9.17, 15) is 18.0 Å². The summed E-state index contributed by atoms with van der Waals surface area (Å²) in [6.45, 7) is 5.58. The van der Waals surface area contributed by atoms with Crippen LogP contribution < -0.4 is 14.4 Å². The Balaban J connectivity index is 2.22. The van der Waals surface area contributed by atoms with Gasteiger partial charge in [0, 0.05) is 30.6 Å². The molecular weight excluding hydrogens is 525 g/mol. The molecule has 2 aromatic carbocycles. The predicted molar refractivity (Wildman–Crippen MR) is 144 cm³/mol. The van der Waals surface area contributed by atoms with Crippen molar-refractivity contribution in [1.82, 2.24) is 10.2 Å². The lowest BCUT2D eigenvalue weighted by Gasteiger charge is -2.30. The molecular formula is C25H33Cl2N3O5S. The van der Waals surface area contributed by atoms with Crippen molar-refractivity contribution in [1.29, 1.82) is 0 Å². The Morgan fingerprint density at radius 3 is 2.39 bits per heavy atom. The van der Waals surface area contributed by atoms with Crippen LogP contribution in [0.2, 0.25) is 10.0 Å². The van der Waals surface area contributed by atoms with E-state index in [4.69, 9.17) is 27.9 Å². The van der Waals surface area contributed by atoms with Gasteiger partial charge in [-0.05, 0) is 63.1 Å². The van der Waals surface area contributed by atoms with Crippen LogP contribution in [0.15, 0.2) is 42.5 Å². The Morgan fingerprint density at radius 2 is 1.78 bits per heavy atom. The number of hydrogen-bond acceptors (Lipinski definition) is 5. The van der Waals surface area contributed by atoms with E-state index in [-0.39, 0.29) is 54.5 Å². The van der Waals surface area contributed by atoms with Crippen LogP contribution in [0.1, 0.15) is 39.2 Å². The van der Waals surface area contributed by atoms with Crippen LogP contribution in [0.3, 0.4) is 0 Å². The molecule has 2 aromatic rings. The number of anilines is 1. The van der Waals surface area contributed by atoms with Crippen molar-refractivity contribution < 1.29 is 22.7 Å². The summed E-state index contributed by atoms with van der Waals surface area (Å²) in [7, 11) is -2.13. The molecule has 2 amide bonds. The van der Waals surface area contributed by atoms with Crippen LogP contribution in [0.25, 0.3) is 0 Å². The van der Waals surface area contributed by atoms with Crippen LogP contribution in [0.4, 0.5) is 5.69 Å². The number of methoxy groups -OCH3 is 1. The Hall–Kier alpha value is -2.49. The Morgan fingerprint density at radius 1 is 1.08 bits per heavy atom. The second kappa shape index (κ2) is 13.2. The summed E-state index contributed by atoms with van der Waals surface area (Å²) in [5.74, 6) is 0.0842.